The summed E-state index contributed by atoms with van der Waals surface area (Å²) >= 11 is 5.83. The molecule has 1 aromatic carbocycles. The second-order valence-corrected chi connectivity index (χ2v) is 5.62. The third-order valence-electron chi connectivity index (χ3n) is 3.34. The normalized spacial score (nSPS) is 14.0. The largest absolute Gasteiger partial charge is 0.481 e. The van der Waals surface area contributed by atoms with E-state index in [2.05, 4.69) is 5.32 Å². The molecule has 5 heteroatoms. The number of carboxylic acids is 1. The first-order chi connectivity index (χ1) is 9.40. The van der Waals surface area contributed by atoms with E-state index in [9.17, 15) is 9.18 Å². The molecule has 1 rings (SSSR count). The van der Waals surface area contributed by atoms with Crippen LogP contribution in [0.2, 0.25) is 5.02 Å². The van der Waals surface area contributed by atoms with E-state index < -0.39 is 5.97 Å². The Balaban J connectivity index is 2.31. The van der Waals surface area contributed by atoms with Gasteiger partial charge in [0.1, 0.15) is 5.82 Å². The lowest BCUT2D eigenvalue weighted by Gasteiger charge is -2.15. The highest BCUT2D eigenvalue weighted by Gasteiger charge is 2.11. The van der Waals surface area contributed by atoms with Crippen LogP contribution in [0.3, 0.4) is 0 Å². The molecule has 3 nitrogen and oxygen atoms in total. The molecule has 1 aromatic rings. The Bertz CT molecular complexity index is 453. The number of aliphatic carboxylic acids is 1. The van der Waals surface area contributed by atoms with Crippen molar-refractivity contribution < 1.29 is 14.3 Å². The van der Waals surface area contributed by atoms with Crippen molar-refractivity contribution in [1.29, 1.82) is 0 Å². The van der Waals surface area contributed by atoms with Crippen LogP contribution >= 0.6 is 11.6 Å². The van der Waals surface area contributed by atoms with Gasteiger partial charge in [0, 0.05) is 23.2 Å². The Morgan fingerprint density at radius 2 is 2.10 bits per heavy atom. The molecule has 2 atom stereocenters. The van der Waals surface area contributed by atoms with E-state index in [1.165, 1.54) is 12.1 Å². The number of carboxylic acid groups (broad SMARTS) is 1. The lowest BCUT2D eigenvalue weighted by molar-refractivity contribution is -0.141. The molecule has 20 heavy (non-hydrogen) atoms. The molecular weight excluding hydrogens is 281 g/mol. The van der Waals surface area contributed by atoms with Crippen molar-refractivity contribution in [3.63, 3.8) is 0 Å². The van der Waals surface area contributed by atoms with Crippen molar-refractivity contribution in [1.82, 2.24) is 5.32 Å². The van der Waals surface area contributed by atoms with Crippen molar-refractivity contribution in [3.05, 3.63) is 34.6 Å². The summed E-state index contributed by atoms with van der Waals surface area (Å²) in [5.41, 5.74) is 0.545. The van der Waals surface area contributed by atoms with Gasteiger partial charge in [0.15, 0.2) is 0 Å². The summed E-state index contributed by atoms with van der Waals surface area (Å²) in [6.45, 7) is 4.14. The van der Waals surface area contributed by atoms with Crippen LogP contribution in [0.4, 0.5) is 4.39 Å². The van der Waals surface area contributed by atoms with Gasteiger partial charge in [-0.2, -0.15) is 0 Å². The minimum atomic E-state index is -0.758. The van der Waals surface area contributed by atoms with Crippen LogP contribution < -0.4 is 5.32 Å². The maximum atomic E-state index is 13.5. The second-order valence-electron chi connectivity index (χ2n) is 5.19. The molecule has 0 amide bonds. The topological polar surface area (TPSA) is 49.3 Å². The zero-order chi connectivity index (χ0) is 15.1. The summed E-state index contributed by atoms with van der Waals surface area (Å²) in [5, 5.41) is 12.5. The molecule has 0 bridgehead atoms. The molecule has 112 valence electrons. The minimum Gasteiger partial charge on any atom is -0.481 e. The van der Waals surface area contributed by atoms with Crippen molar-refractivity contribution >= 4 is 17.6 Å². The number of hydrogen-bond donors (Lipinski definition) is 2. The quantitative estimate of drug-likeness (QED) is 0.767. The van der Waals surface area contributed by atoms with E-state index in [0.29, 0.717) is 23.6 Å². The number of halogens is 2. The summed E-state index contributed by atoms with van der Waals surface area (Å²) in [7, 11) is 0. The lowest BCUT2D eigenvalue weighted by Crippen LogP contribution is -2.26. The van der Waals surface area contributed by atoms with Crippen LogP contribution in [0.15, 0.2) is 18.2 Å². The zero-order valence-corrected chi connectivity index (χ0v) is 12.6. The predicted molar refractivity (Wildman–Crippen MR) is 78.4 cm³/mol. The molecule has 0 heterocycles. The average Bonchev–Trinajstić information content (AvgIpc) is 2.39. The van der Waals surface area contributed by atoms with Gasteiger partial charge in [0.05, 0.1) is 5.92 Å². The molecule has 0 radical (unpaired) electrons. The highest BCUT2D eigenvalue weighted by Crippen LogP contribution is 2.15. The molecule has 0 fully saturated rings. The van der Waals surface area contributed by atoms with Crippen LogP contribution in [0.5, 0.6) is 0 Å². The third-order valence-corrected chi connectivity index (χ3v) is 3.58. The summed E-state index contributed by atoms with van der Waals surface area (Å²) in [4.78, 5) is 10.7. The van der Waals surface area contributed by atoms with Crippen LogP contribution in [0.1, 0.15) is 38.7 Å². The smallest absolute Gasteiger partial charge is 0.306 e. The fourth-order valence-electron chi connectivity index (χ4n) is 1.92. The maximum Gasteiger partial charge on any atom is 0.306 e. The zero-order valence-electron chi connectivity index (χ0n) is 11.8. The first-order valence-electron chi connectivity index (χ1n) is 6.80. The second kappa shape index (κ2) is 8.22. The first kappa shape index (κ1) is 16.9. The number of nitrogens with one attached hydrogen (secondary N) is 1. The Kier molecular flexibility index (Phi) is 6.96. The minimum absolute atomic E-state index is 0.203. The van der Waals surface area contributed by atoms with Gasteiger partial charge in [0.2, 0.25) is 0 Å². The Morgan fingerprint density at radius 1 is 1.40 bits per heavy atom. The van der Waals surface area contributed by atoms with Crippen molar-refractivity contribution in [3.8, 4) is 0 Å². The first-order valence-corrected chi connectivity index (χ1v) is 7.18. The Morgan fingerprint density at radius 3 is 2.75 bits per heavy atom. The van der Waals surface area contributed by atoms with Gasteiger partial charge in [-0.3, -0.25) is 4.79 Å². The maximum absolute atomic E-state index is 13.5. The van der Waals surface area contributed by atoms with E-state index >= 15 is 0 Å². The molecule has 0 aliphatic carbocycles. The standard InChI is InChI=1S/C15H21ClFNO2/c1-10(15(19)20)4-3-5-11(2)18-9-12-8-13(16)6-7-14(12)17/h6-8,10-11,18H,3-5,9H2,1-2H3,(H,19,20). The third kappa shape index (κ3) is 5.88. The molecule has 0 aliphatic heterocycles. The molecule has 0 spiro atoms. The highest BCUT2D eigenvalue weighted by atomic mass is 35.5. The van der Waals surface area contributed by atoms with Crippen molar-refractivity contribution in [2.45, 2.75) is 45.7 Å². The SMILES string of the molecule is CC(CCCC(C)C(=O)O)NCc1cc(Cl)ccc1F. The number of hydrogen-bond acceptors (Lipinski definition) is 2. The fraction of sp³-hybridized carbons (Fsp3) is 0.533. The van der Waals surface area contributed by atoms with E-state index in [1.54, 1.807) is 13.0 Å². The Hall–Kier alpha value is -1.13. The molecule has 0 aromatic heterocycles. The molecule has 0 saturated carbocycles. The van der Waals surface area contributed by atoms with E-state index in [-0.39, 0.29) is 17.8 Å². The van der Waals surface area contributed by atoms with Gasteiger partial charge in [-0.25, -0.2) is 4.39 Å². The summed E-state index contributed by atoms with van der Waals surface area (Å²) < 4.78 is 13.5. The van der Waals surface area contributed by atoms with Gasteiger partial charge >= 0.3 is 5.97 Å². The van der Waals surface area contributed by atoms with E-state index in [0.717, 1.165) is 12.8 Å². The number of rotatable bonds is 8. The van der Waals surface area contributed by atoms with Gasteiger partial charge in [0.25, 0.3) is 0 Å². The lowest BCUT2D eigenvalue weighted by atomic mass is 10.0. The molecule has 2 N–H and O–H groups in total. The Labute approximate surface area is 124 Å². The summed E-state index contributed by atoms with van der Waals surface area (Å²) in [5.74, 6) is -1.34. The van der Waals surface area contributed by atoms with E-state index in [1.807, 2.05) is 6.92 Å². The highest BCUT2D eigenvalue weighted by molar-refractivity contribution is 6.30. The van der Waals surface area contributed by atoms with Gasteiger partial charge in [-0.15, -0.1) is 0 Å². The van der Waals surface area contributed by atoms with Crippen LogP contribution in [-0.4, -0.2) is 17.1 Å². The summed E-state index contributed by atoms with van der Waals surface area (Å²) in [6.07, 6.45) is 2.35. The molecule has 0 aliphatic rings. The molecule has 0 saturated heterocycles. The van der Waals surface area contributed by atoms with Gasteiger partial charge in [-0.1, -0.05) is 24.9 Å². The number of carbonyl (C=O) groups is 1. The van der Waals surface area contributed by atoms with Crippen LogP contribution in [-0.2, 0) is 11.3 Å². The average molecular weight is 302 g/mol. The van der Waals surface area contributed by atoms with Crippen LogP contribution in [0.25, 0.3) is 0 Å². The summed E-state index contributed by atoms with van der Waals surface area (Å²) in [6, 6.07) is 4.70. The number of benzene rings is 1. The fourth-order valence-corrected chi connectivity index (χ4v) is 2.11. The molecule has 2 unspecified atom stereocenters. The van der Waals surface area contributed by atoms with Crippen molar-refractivity contribution in [2.75, 3.05) is 0 Å². The molecular formula is C15H21ClFNO2. The predicted octanol–water partition coefficient (Wildman–Crippen LogP) is 3.85. The van der Waals surface area contributed by atoms with E-state index in [4.69, 9.17) is 16.7 Å². The van der Waals surface area contributed by atoms with Crippen molar-refractivity contribution in [2.24, 2.45) is 5.92 Å². The monoisotopic (exact) mass is 301 g/mol. The van der Waals surface area contributed by atoms with Crippen LogP contribution in [0, 0.1) is 11.7 Å². The van der Waals surface area contributed by atoms with Gasteiger partial charge in [-0.05, 0) is 38.0 Å². The van der Waals surface area contributed by atoms with Gasteiger partial charge < -0.3 is 10.4 Å².